The van der Waals surface area contributed by atoms with Gasteiger partial charge in [0.25, 0.3) is 0 Å². The second-order valence-electron chi connectivity index (χ2n) is 16.5. The molecule has 6 nitrogen and oxygen atoms in total. The van der Waals surface area contributed by atoms with E-state index in [4.69, 9.17) is 15.0 Å². The third kappa shape index (κ3) is 7.59. The molecule has 0 saturated heterocycles. The topological polar surface area (TPSA) is 61.4 Å². The predicted octanol–water partition coefficient (Wildman–Crippen LogP) is 15.5. The van der Waals surface area contributed by atoms with Gasteiger partial charge in [-0.3, -0.25) is 4.98 Å². The molecule has 15 heteroatoms. The van der Waals surface area contributed by atoms with Gasteiger partial charge in [-0.15, -0.1) is 0 Å². The largest absolute Gasteiger partial charge is 0.416 e. The second kappa shape index (κ2) is 15.9. The van der Waals surface area contributed by atoms with E-state index < -0.39 is 35.2 Å². The molecule has 0 bridgehead atoms. The van der Waals surface area contributed by atoms with Gasteiger partial charge in [-0.2, -0.15) is 39.5 Å². The normalized spacial score (nSPS) is 12.5. The van der Waals surface area contributed by atoms with Crippen molar-refractivity contribution >= 4 is 43.6 Å². The van der Waals surface area contributed by atoms with Crippen LogP contribution in [0.25, 0.3) is 100 Å². The van der Waals surface area contributed by atoms with E-state index in [0.29, 0.717) is 72.6 Å². The second-order valence-corrected chi connectivity index (χ2v) is 16.5. The van der Waals surface area contributed by atoms with E-state index in [9.17, 15) is 39.5 Å². The first kappa shape index (κ1) is 43.3. The number of aromatic nitrogens is 6. The van der Waals surface area contributed by atoms with Crippen molar-refractivity contribution < 1.29 is 39.5 Å². The molecule has 0 atom stereocenters. The predicted molar refractivity (Wildman–Crippen MR) is 248 cm³/mol. The molecule has 4 aromatic heterocycles. The zero-order valence-electron chi connectivity index (χ0n) is 35.8. The lowest BCUT2D eigenvalue weighted by molar-refractivity contribution is -0.138. The van der Waals surface area contributed by atoms with E-state index in [1.807, 2.05) is 96.4 Å². The van der Waals surface area contributed by atoms with Crippen molar-refractivity contribution in [3.8, 4) is 56.7 Å². The van der Waals surface area contributed by atoms with Gasteiger partial charge in [-0.05, 0) is 85.8 Å². The smallest absolute Gasteiger partial charge is 0.309 e. The van der Waals surface area contributed by atoms with E-state index in [2.05, 4.69) is 4.98 Å². The maximum Gasteiger partial charge on any atom is 0.416 e. The molecule has 69 heavy (non-hydrogen) atoms. The zero-order chi connectivity index (χ0) is 48.0. The fourth-order valence-electron chi connectivity index (χ4n) is 9.02. The Morgan fingerprint density at radius 2 is 0.783 bits per heavy atom. The number of hydrogen-bond acceptors (Lipinski definition) is 4. The Labute approximate surface area is 385 Å². The Morgan fingerprint density at radius 3 is 1.25 bits per heavy atom. The summed E-state index contributed by atoms with van der Waals surface area (Å²) in [7, 11) is 0. The van der Waals surface area contributed by atoms with Gasteiger partial charge in [0.2, 0.25) is 0 Å². The SMILES string of the molecule is Cc1ccc2c(c1)c1cc(C(F)(F)F)ccc1n2-c1cc(-c2nc(-c3ccccc3)nc(-c3ccccc3)n2)ccc1-c1ccncc1-n1c2ccc(C(F)(F)F)cc2c2cc(C(F)(F)F)ccc21. The minimum Gasteiger partial charge on any atom is -0.309 e. The lowest BCUT2D eigenvalue weighted by Crippen LogP contribution is -2.06. The Balaban J connectivity index is 1.23. The summed E-state index contributed by atoms with van der Waals surface area (Å²) in [5.41, 5.74) is 2.72. The maximum absolute atomic E-state index is 14.4. The summed E-state index contributed by atoms with van der Waals surface area (Å²) in [5.74, 6) is 1.02. The monoisotopic (exact) mass is 934 g/mol. The van der Waals surface area contributed by atoms with Gasteiger partial charge in [-0.1, -0.05) is 84.4 Å². The summed E-state index contributed by atoms with van der Waals surface area (Å²) < 4.78 is 132. The first-order valence-electron chi connectivity index (χ1n) is 21.3. The van der Waals surface area contributed by atoms with Gasteiger partial charge in [0, 0.05) is 55.6 Å². The molecule has 4 heterocycles. The number of fused-ring (bicyclic) bond motifs is 6. The van der Waals surface area contributed by atoms with Crippen LogP contribution in [0.15, 0.2) is 170 Å². The van der Waals surface area contributed by atoms with Crippen LogP contribution >= 0.6 is 0 Å². The summed E-state index contributed by atoms with van der Waals surface area (Å²) >= 11 is 0. The zero-order valence-corrected chi connectivity index (χ0v) is 35.8. The number of aryl methyl sites for hydroxylation is 1. The molecule has 0 fully saturated rings. The van der Waals surface area contributed by atoms with Gasteiger partial charge >= 0.3 is 18.5 Å². The van der Waals surface area contributed by atoms with Crippen LogP contribution in [-0.2, 0) is 18.5 Å². The number of nitrogens with zero attached hydrogens (tertiary/aromatic N) is 6. The van der Waals surface area contributed by atoms with Gasteiger partial charge in [0.15, 0.2) is 17.5 Å². The Bertz CT molecular complexity index is 3690. The molecule has 0 spiro atoms. The molecule has 340 valence electrons. The fraction of sp³-hybridized carbons (Fsp3) is 0.0741. The van der Waals surface area contributed by atoms with Crippen molar-refractivity contribution in [2.24, 2.45) is 0 Å². The summed E-state index contributed by atoms with van der Waals surface area (Å²) in [6.45, 7) is 1.84. The Kier molecular flexibility index (Phi) is 9.96. The average Bonchev–Trinajstić information content (AvgIpc) is 3.84. The Morgan fingerprint density at radius 1 is 0.377 bits per heavy atom. The van der Waals surface area contributed by atoms with Crippen LogP contribution in [0.5, 0.6) is 0 Å². The van der Waals surface area contributed by atoms with Gasteiger partial charge in [-0.25, -0.2) is 15.0 Å². The van der Waals surface area contributed by atoms with Crippen LogP contribution in [0.3, 0.4) is 0 Å². The van der Waals surface area contributed by atoms with Crippen molar-refractivity contribution in [2.75, 3.05) is 0 Å². The third-order valence-electron chi connectivity index (χ3n) is 12.2. The van der Waals surface area contributed by atoms with E-state index in [1.54, 1.807) is 22.8 Å². The number of pyridine rings is 1. The number of halogens is 9. The van der Waals surface area contributed by atoms with Gasteiger partial charge in [0.05, 0.1) is 56.3 Å². The van der Waals surface area contributed by atoms with Crippen LogP contribution < -0.4 is 0 Å². The number of benzene rings is 7. The molecular formula is C54H31F9N6. The maximum atomic E-state index is 14.4. The average molecular weight is 935 g/mol. The van der Waals surface area contributed by atoms with E-state index in [1.165, 1.54) is 30.6 Å². The van der Waals surface area contributed by atoms with E-state index in [0.717, 1.165) is 42.0 Å². The quantitative estimate of drug-likeness (QED) is 0.156. The van der Waals surface area contributed by atoms with Crippen molar-refractivity contribution in [1.82, 2.24) is 29.1 Å². The van der Waals surface area contributed by atoms with Crippen LogP contribution in [-0.4, -0.2) is 29.1 Å². The first-order chi connectivity index (χ1) is 33.0. The minimum absolute atomic E-state index is 0.0761. The molecule has 0 radical (unpaired) electrons. The highest BCUT2D eigenvalue weighted by Crippen LogP contribution is 2.45. The molecule has 11 aromatic rings. The number of alkyl halides is 9. The van der Waals surface area contributed by atoms with Crippen molar-refractivity contribution in [3.05, 3.63) is 192 Å². The lowest BCUT2D eigenvalue weighted by atomic mass is 9.99. The fourth-order valence-corrected chi connectivity index (χ4v) is 9.02. The number of rotatable bonds is 6. The highest BCUT2D eigenvalue weighted by atomic mass is 19.4. The standard InChI is InChI=1S/C54H31F9N6/c1-30-12-18-43-39(24-30)40-26-34(52(55,56)57)14-19-44(40)68(43)47-25-33(51-66-49(31-8-4-2-5-9-31)65-50(67-51)32-10-6-3-7-11-32)13-17-37(47)38-22-23-64-29-48(38)69-45-20-15-35(53(58,59)60)27-41(45)42-28-36(54(61,62)63)16-21-46(42)69/h2-29H,1H3. The van der Waals surface area contributed by atoms with Crippen LogP contribution in [0.4, 0.5) is 39.5 Å². The van der Waals surface area contributed by atoms with Crippen molar-refractivity contribution in [3.63, 3.8) is 0 Å². The summed E-state index contributed by atoms with van der Waals surface area (Å²) in [5, 5.41) is 0.695. The summed E-state index contributed by atoms with van der Waals surface area (Å²) in [6.07, 6.45) is -11.3. The molecular weight excluding hydrogens is 904 g/mol. The molecule has 0 aliphatic rings. The minimum atomic E-state index is -4.80. The molecule has 7 aromatic carbocycles. The molecule has 0 aliphatic carbocycles. The Hall–Kier alpha value is -8.33. The summed E-state index contributed by atoms with van der Waals surface area (Å²) in [4.78, 5) is 19.1. The summed E-state index contributed by atoms with van der Waals surface area (Å²) in [6, 6.07) is 40.5. The van der Waals surface area contributed by atoms with Crippen LogP contribution in [0.2, 0.25) is 0 Å². The number of hydrogen-bond donors (Lipinski definition) is 0. The first-order valence-corrected chi connectivity index (χ1v) is 21.3. The molecule has 0 aliphatic heterocycles. The van der Waals surface area contributed by atoms with Crippen LogP contribution in [0.1, 0.15) is 22.3 Å². The molecule has 0 saturated carbocycles. The lowest BCUT2D eigenvalue weighted by Gasteiger charge is -2.19. The molecule has 0 unspecified atom stereocenters. The van der Waals surface area contributed by atoms with Gasteiger partial charge < -0.3 is 9.13 Å². The molecule has 0 N–H and O–H groups in total. The van der Waals surface area contributed by atoms with E-state index >= 15 is 0 Å². The van der Waals surface area contributed by atoms with E-state index in [-0.39, 0.29) is 27.6 Å². The molecule has 0 amide bonds. The third-order valence-corrected chi connectivity index (χ3v) is 12.2. The van der Waals surface area contributed by atoms with Crippen molar-refractivity contribution in [2.45, 2.75) is 25.5 Å². The molecule has 11 rings (SSSR count). The van der Waals surface area contributed by atoms with Crippen molar-refractivity contribution in [1.29, 1.82) is 0 Å². The van der Waals surface area contributed by atoms with Crippen LogP contribution in [0, 0.1) is 6.92 Å². The van der Waals surface area contributed by atoms with Gasteiger partial charge in [0.1, 0.15) is 0 Å². The highest BCUT2D eigenvalue weighted by molar-refractivity contribution is 6.12. The highest BCUT2D eigenvalue weighted by Gasteiger charge is 2.35.